The fraction of sp³-hybridized carbons (Fsp3) is 0. The average Bonchev–Trinajstić information content (AvgIpc) is 1.59. The van der Waals surface area contributed by atoms with Crippen molar-refractivity contribution in [1.29, 1.82) is 0 Å². The number of hydrogen-bond donors (Lipinski definition) is 2. The third-order valence-electron chi connectivity index (χ3n) is 25.7. The molecule has 3 aromatic heterocycles. The largest absolute Gasteiger partial charge is 0.457 e. The van der Waals surface area contributed by atoms with Crippen LogP contribution in [-0.2, 0) is 0 Å². The van der Waals surface area contributed by atoms with Crippen molar-refractivity contribution in [2.45, 2.75) is 0 Å². The third-order valence-corrected chi connectivity index (χ3v) is 25.7. The number of para-hydroxylation sites is 4. The van der Waals surface area contributed by atoms with Crippen LogP contribution >= 0.6 is 0 Å². The molecule has 0 fully saturated rings. The van der Waals surface area contributed by atoms with Gasteiger partial charge < -0.3 is 48.5 Å². The van der Waals surface area contributed by atoms with Crippen LogP contribution in [0.15, 0.2) is 485 Å². The summed E-state index contributed by atoms with van der Waals surface area (Å²) in [4.78, 5) is 28.4. The molecule has 642 valence electrons. The van der Waals surface area contributed by atoms with Gasteiger partial charge in [0.15, 0.2) is 0 Å². The van der Waals surface area contributed by atoms with E-state index in [-0.39, 0.29) is 0 Å². The fourth-order valence-electron chi connectivity index (χ4n) is 19.2. The number of rotatable bonds is 20. The van der Waals surface area contributed by atoms with Gasteiger partial charge in [-0.3, -0.25) is 0 Å². The Bertz CT molecular complexity index is 8230. The highest BCUT2D eigenvalue weighted by Gasteiger charge is 2.26. The van der Waals surface area contributed by atoms with E-state index in [4.69, 9.17) is 28.9 Å². The first kappa shape index (κ1) is 79.6. The number of ether oxygens (including phenoxy) is 4. The van der Waals surface area contributed by atoms with Crippen LogP contribution in [0.4, 0.5) is 68.2 Å². The molecule has 5 heterocycles. The van der Waals surface area contributed by atoms with Gasteiger partial charge in [0, 0.05) is 134 Å². The van der Waals surface area contributed by atoms with Crippen molar-refractivity contribution in [3.05, 3.63) is 485 Å². The molecule has 23 aromatic rings. The molecule has 136 heavy (non-hydrogen) atoms. The molecule has 0 amide bonds. The van der Waals surface area contributed by atoms with Gasteiger partial charge in [0.05, 0.1) is 22.8 Å². The Morgan fingerprint density at radius 2 is 0.360 bits per heavy atom. The maximum absolute atomic E-state index is 6.98. The molecule has 12 heteroatoms. The van der Waals surface area contributed by atoms with Crippen molar-refractivity contribution in [1.82, 2.24) is 19.9 Å². The Morgan fingerprint density at radius 1 is 0.147 bits per heavy atom. The van der Waals surface area contributed by atoms with Crippen LogP contribution in [0.2, 0.25) is 0 Å². The van der Waals surface area contributed by atoms with Crippen LogP contribution in [-0.4, -0.2) is 19.9 Å². The van der Waals surface area contributed by atoms with Gasteiger partial charge in [-0.25, -0.2) is 9.97 Å². The summed E-state index contributed by atoms with van der Waals surface area (Å²) in [5.41, 5.74) is 22.2. The second-order valence-electron chi connectivity index (χ2n) is 34.3. The smallest absolute Gasteiger partial charge is 0.128 e. The summed E-state index contributed by atoms with van der Waals surface area (Å²) in [5.74, 6) is 5.32. The lowest BCUT2D eigenvalue weighted by molar-refractivity contribution is 0.483. The normalized spacial score (nSPS) is 11.5. The number of aromatic amines is 2. The van der Waals surface area contributed by atoms with Gasteiger partial charge in [0.2, 0.25) is 0 Å². The lowest BCUT2D eigenvalue weighted by Gasteiger charge is -2.26. The van der Waals surface area contributed by atoms with E-state index in [1.165, 1.54) is 21.5 Å². The lowest BCUT2D eigenvalue weighted by Crippen LogP contribution is -2.09. The molecule has 8 bridgehead atoms. The van der Waals surface area contributed by atoms with Crippen molar-refractivity contribution in [3.63, 3.8) is 0 Å². The number of aromatic nitrogens is 4. The Hall–Kier alpha value is -18.5. The van der Waals surface area contributed by atoms with Crippen LogP contribution in [0.25, 0.3) is 132 Å². The molecule has 2 N–H and O–H groups in total. The Kier molecular flexibility index (Phi) is 20.0. The molecule has 12 nitrogen and oxygen atoms in total. The van der Waals surface area contributed by atoms with Crippen LogP contribution < -0.4 is 38.5 Å². The van der Waals surface area contributed by atoms with E-state index in [9.17, 15) is 0 Å². The molecule has 0 saturated heterocycles. The van der Waals surface area contributed by atoms with Gasteiger partial charge in [0.25, 0.3) is 0 Å². The van der Waals surface area contributed by atoms with Crippen LogP contribution in [0.5, 0.6) is 46.0 Å². The molecule has 0 spiro atoms. The highest BCUT2D eigenvalue weighted by molar-refractivity contribution is 6.12. The lowest BCUT2D eigenvalue weighted by atomic mass is 10.0. The standard InChI is InChI=1S/C124H82N8O4/c1-5-29-89(30-6-1)129(97-41-37-81-21-13-17-25-85(81)69-97)93-45-53-101(54-46-93)133-105-61-65-109-113(73-105)121-77-118-110-66-62-106(134-102-55-47-94(48-56-102)130(90-31-7-2-8-32-90)98-42-38-82-22-14-18-26-86(82)70-98)74-114(110)123(126-118)79-120-112-68-64-108(136-104-59-51-96(52-60-104)132(92-35-11-4-12-36-92)100-44-40-84-24-16-20-28-88(84)72-100)76-116(112)124(128-120)80-119-111-67-63-107(75-115(111)122(127-119)78-117(109)125-121)135-103-57-49-95(50-58-103)131(91-33-9-3-10-34-91)99-43-39-83-23-15-19-27-87(83)71-99/h1-80,125,128H. The average molecular weight is 1750 g/mol. The molecule has 2 aliphatic rings. The molecule has 25 rings (SSSR count). The summed E-state index contributed by atoms with van der Waals surface area (Å²) in [6.45, 7) is 0. The summed E-state index contributed by atoms with van der Waals surface area (Å²) in [6.07, 6.45) is 0. The third kappa shape index (κ3) is 15.4. The molecular weight excluding hydrogens is 1670 g/mol. The number of anilines is 12. The van der Waals surface area contributed by atoms with Gasteiger partial charge >= 0.3 is 0 Å². The van der Waals surface area contributed by atoms with Crippen molar-refractivity contribution in [2.24, 2.45) is 0 Å². The van der Waals surface area contributed by atoms with E-state index in [1.54, 1.807) is 0 Å². The number of nitrogens with one attached hydrogen (secondary N) is 2. The Morgan fingerprint density at radius 3 is 0.640 bits per heavy atom. The topological polar surface area (TPSA) is 107 Å². The molecule has 0 radical (unpaired) electrons. The van der Waals surface area contributed by atoms with E-state index in [2.05, 4.69) is 442 Å². The van der Waals surface area contributed by atoms with Crippen molar-refractivity contribution >= 4 is 155 Å². The number of nitrogens with zero attached hydrogens (tertiary/aromatic N) is 6. The summed E-state index contributed by atoms with van der Waals surface area (Å²) >= 11 is 0. The van der Waals surface area contributed by atoms with E-state index in [0.717, 1.165) is 178 Å². The zero-order valence-electron chi connectivity index (χ0n) is 73.5. The van der Waals surface area contributed by atoms with E-state index >= 15 is 0 Å². The minimum absolute atomic E-state index is 0.647. The number of hydrogen-bond acceptors (Lipinski definition) is 10. The van der Waals surface area contributed by atoms with Gasteiger partial charge in [-0.2, -0.15) is 0 Å². The summed E-state index contributed by atoms with van der Waals surface area (Å²) in [6, 6.07) is 169. The monoisotopic (exact) mass is 1750 g/mol. The highest BCUT2D eigenvalue weighted by Crippen LogP contribution is 2.49. The first-order valence-electron chi connectivity index (χ1n) is 45.7. The first-order valence-corrected chi connectivity index (χ1v) is 45.7. The second-order valence-corrected chi connectivity index (χ2v) is 34.3. The second kappa shape index (κ2) is 34.1. The SMILES string of the molecule is c1ccc(N(c2ccc(Oc3ccc4c(c3)-c3cc5[nH]c(cc6nc(cc7[nH]c(cc-4n3)c3cc(Oc4ccc(N(c8ccccc8)c8ccc9ccccc9c8)cc4)ccc73)-c3cc(Oc4ccc(N(c7ccccc7)c7ccc8ccccc8c7)cc4)ccc3-6)c3cc(Oc4ccc(N(c6ccccc6)c6ccc7ccccc7c6)cc4)ccc53)cc2)c2ccc3ccccc3c2)cc1. The molecular formula is C124H82N8O4. The molecule has 2 aliphatic heterocycles. The van der Waals surface area contributed by atoms with Crippen LogP contribution in [0.1, 0.15) is 0 Å². The van der Waals surface area contributed by atoms with Crippen molar-refractivity contribution < 1.29 is 18.9 Å². The number of benzene rings is 20. The zero-order valence-corrected chi connectivity index (χ0v) is 73.5. The maximum atomic E-state index is 6.98. The summed E-state index contributed by atoms with van der Waals surface area (Å²) < 4.78 is 27.9. The Labute approximate surface area is 784 Å². The van der Waals surface area contributed by atoms with Crippen LogP contribution in [0.3, 0.4) is 0 Å². The summed E-state index contributed by atoms with van der Waals surface area (Å²) in [5, 5.41) is 13.1. The van der Waals surface area contributed by atoms with Gasteiger partial charge in [-0.15, -0.1) is 0 Å². The van der Waals surface area contributed by atoms with Gasteiger partial charge in [-0.1, -0.05) is 194 Å². The van der Waals surface area contributed by atoms with Crippen molar-refractivity contribution in [2.75, 3.05) is 19.6 Å². The number of fused-ring (bicyclic) bond motifs is 24. The Balaban J connectivity index is 0.625. The predicted molar refractivity (Wildman–Crippen MR) is 560 cm³/mol. The first-order chi connectivity index (χ1) is 67.3. The molecule has 0 saturated carbocycles. The maximum Gasteiger partial charge on any atom is 0.128 e. The zero-order chi connectivity index (χ0) is 89.9. The molecule has 20 aromatic carbocycles. The van der Waals surface area contributed by atoms with E-state index < -0.39 is 0 Å². The quantitative estimate of drug-likeness (QED) is 0.0766. The predicted octanol–water partition coefficient (Wildman–Crippen LogP) is 35.0. The van der Waals surface area contributed by atoms with Gasteiger partial charge in [0.1, 0.15) is 46.0 Å². The minimum atomic E-state index is 0.647. The molecule has 0 unspecified atom stereocenters. The van der Waals surface area contributed by atoms with E-state index in [0.29, 0.717) is 46.0 Å². The highest BCUT2D eigenvalue weighted by atomic mass is 16.5. The minimum Gasteiger partial charge on any atom is -0.457 e. The van der Waals surface area contributed by atoms with Gasteiger partial charge in [-0.05, 0) is 334 Å². The van der Waals surface area contributed by atoms with E-state index in [1.807, 2.05) is 72.8 Å². The summed E-state index contributed by atoms with van der Waals surface area (Å²) in [7, 11) is 0. The van der Waals surface area contributed by atoms with Crippen molar-refractivity contribution in [3.8, 4) is 91.0 Å². The number of H-pyrrole nitrogens is 2. The fourth-order valence-corrected chi connectivity index (χ4v) is 19.2. The molecule has 0 aliphatic carbocycles. The van der Waals surface area contributed by atoms with Crippen LogP contribution in [0, 0.1) is 0 Å². The molecule has 0 atom stereocenters.